The summed E-state index contributed by atoms with van der Waals surface area (Å²) in [7, 11) is 0. The number of thiazole rings is 1. The Morgan fingerprint density at radius 2 is 1.96 bits per heavy atom. The summed E-state index contributed by atoms with van der Waals surface area (Å²) in [4.78, 5) is 18.0. The van der Waals surface area contributed by atoms with E-state index in [1.165, 1.54) is 0 Å². The van der Waals surface area contributed by atoms with Crippen molar-refractivity contribution in [2.45, 2.75) is 24.5 Å². The van der Waals surface area contributed by atoms with E-state index < -0.39 is 0 Å². The first-order chi connectivity index (χ1) is 12.0. The van der Waals surface area contributed by atoms with E-state index in [9.17, 15) is 4.79 Å². The van der Waals surface area contributed by atoms with Gasteiger partial charge in [0.2, 0.25) is 0 Å². The van der Waals surface area contributed by atoms with Gasteiger partial charge in [-0.25, -0.2) is 4.98 Å². The molecule has 1 N–H and O–H groups in total. The highest BCUT2D eigenvalue weighted by molar-refractivity contribution is 9.10. The topological polar surface area (TPSA) is 42.0 Å². The maximum atomic E-state index is 12.4. The third-order valence-corrected chi connectivity index (χ3v) is 5.98. The van der Waals surface area contributed by atoms with Crippen molar-refractivity contribution in [1.29, 1.82) is 0 Å². The SMILES string of the molecule is Cc1nc(CSc2ccc(C(=O)Nc3cc(Br)ccc3C)cc2)cs1. The van der Waals surface area contributed by atoms with Crippen LogP contribution in [-0.2, 0) is 5.75 Å². The molecule has 0 bridgehead atoms. The van der Waals surface area contributed by atoms with E-state index >= 15 is 0 Å². The first-order valence-electron chi connectivity index (χ1n) is 7.72. The molecule has 1 heterocycles. The fourth-order valence-electron chi connectivity index (χ4n) is 2.26. The number of hydrogen-bond donors (Lipinski definition) is 1. The third kappa shape index (κ3) is 4.93. The smallest absolute Gasteiger partial charge is 0.255 e. The number of aromatic nitrogens is 1. The molecule has 3 nitrogen and oxygen atoms in total. The second-order valence-electron chi connectivity index (χ2n) is 5.58. The molecule has 0 aliphatic carbocycles. The summed E-state index contributed by atoms with van der Waals surface area (Å²) in [5.41, 5.74) is 3.59. The van der Waals surface area contributed by atoms with E-state index in [0.717, 1.165) is 37.1 Å². The van der Waals surface area contributed by atoms with Gasteiger partial charge < -0.3 is 5.32 Å². The predicted molar refractivity (Wildman–Crippen MR) is 110 cm³/mol. The van der Waals surface area contributed by atoms with Crippen LogP contribution in [0, 0.1) is 13.8 Å². The highest BCUT2D eigenvalue weighted by atomic mass is 79.9. The maximum absolute atomic E-state index is 12.4. The van der Waals surface area contributed by atoms with Crippen molar-refractivity contribution in [3.05, 3.63) is 74.1 Å². The fraction of sp³-hybridized carbons (Fsp3) is 0.158. The number of amides is 1. The molecule has 0 aliphatic rings. The lowest BCUT2D eigenvalue weighted by Gasteiger charge is -2.09. The third-order valence-electron chi connectivity index (χ3n) is 3.62. The molecule has 0 atom stereocenters. The minimum absolute atomic E-state index is 0.104. The van der Waals surface area contributed by atoms with Crippen molar-refractivity contribution in [1.82, 2.24) is 4.98 Å². The van der Waals surface area contributed by atoms with Gasteiger partial charge in [0.25, 0.3) is 5.91 Å². The van der Waals surface area contributed by atoms with Crippen molar-refractivity contribution >= 4 is 50.6 Å². The molecule has 128 valence electrons. The van der Waals surface area contributed by atoms with Gasteiger partial charge in [-0.3, -0.25) is 4.79 Å². The lowest BCUT2D eigenvalue weighted by atomic mass is 10.1. The molecule has 0 aliphatic heterocycles. The molecule has 0 radical (unpaired) electrons. The Hall–Kier alpha value is -1.63. The summed E-state index contributed by atoms with van der Waals surface area (Å²) in [5, 5.41) is 6.14. The minimum atomic E-state index is -0.104. The first-order valence-corrected chi connectivity index (χ1v) is 10.4. The Morgan fingerprint density at radius 3 is 2.64 bits per heavy atom. The molecule has 3 rings (SSSR count). The maximum Gasteiger partial charge on any atom is 0.255 e. The summed E-state index contributed by atoms with van der Waals surface area (Å²) < 4.78 is 0.942. The van der Waals surface area contributed by atoms with Crippen molar-refractivity contribution in [2.24, 2.45) is 0 Å². The van der Waals surface area contributed by atoms with Crippen LogP contribution in [-0.4, -0.2) is 10.9 Å². The molecule has 0 unspecified atom stereocenters. The number of hydrogen-bond acceptors (Lipinski definition) is 4. The fourth-order valence-corrected chi connectivity index (χ4v) is 4.13. The molecular formula is C19H17BrN2OS2. The van der Waals surface area contributed by atoms with Gasteiger partial charge in [0, 0.05) is 31.8 Å². The van der Waals surface area contributed by atoms with E-state index in [1.54, 1.807) is 23.1 Å². The summed E-state index contributed by atoms with van der Waals surface area (Å²) in [6.45, 7) is 3.99. The number of carbonyl (C=O) groups excluding carboxylic acids is 1. The molecule has 0 saturated carbocycles. The standard InChI is InChI=1S/C19H17BrN2OS2/c1-12-3-6-15(20)9-18(12)22-19(23)14-4-7-17(8-5-14)25-11-16-10-24-13(2)21-16/h3-10H,11H2,1-2H3,(H,22,23). The van der Waals surface area contributed by atoms with E-state index in [4.69, 9.17) is 0 Å². The monoisotopic (exact) mass is 432 g/mol. The summed E-state index contributed by atoms with van der Waals surface area (Å²) in [6, 6.07) is 13.5. The van der Waals surface area contributed by atoms with Crippen molar-refractivity contribution in [2.75, 3.05) is 5.32 Å². The van der Waals surface area contributed by atoms with E-state index in [0.29, 0.717) is 5.56 Å². The van der Waals surface area contributed by atoms with E-state index in [-0.39, 0.29) is 5.91 Å². The normalized spacial score (nSPS) is 10.7. The van der Waals surface area contributed by atoms with Crippen LogP contribution in [0.25, 0.3) is 0 Å². The van der Waals surface area contributed by atoms with Gasteiger partial charge in [-0.2, -0.15) is 0 Å². The van der Waals surface area contributed by atoms with Crippen LogP contribution < -0.4 is 5.32 Å². The van der Waals surface area contributed by atoms with Crippen LogP contribution in [0.3, 0.4) is 0 Å². The summed E-state index contributed by atoms with van der Waals surface area (Å²) >= 11 is 6.82. The number of thioether (sulfide) groups is 1. The molecule has 1 aromatic heterocycles. The van der Waals surface area contributed by atoms with Gasteiger partial charge in [-0.05, 0) is 55.8 Å². The Bertz CT molecular complexity index is 891. The summed E-state index contributed by atoms with van der Waals surface area (Å²) in [5.74, 6) is 0.737. The van der Waals surface area contributed by atoms with Crippen LogP contribution in [0.2, 0.25) is 0 Å². The average molecular weight is 433 g/mol. The minimum Gasteiger partial charge on any atom is -0.322 e. The Labute approximate surface area is 164 Å². The van der Waals surface area contributed by atoms with Crippen LogP contribution in [0.1, 0.15) is 26.6 Å². The molecule has 0 spiro atoms. The van der Waals surface area contributed by atoms with Crippen LogP contribution in [0.5, 0.6) is 0 Å². The number of benzene rings is 2. The van der Waals surface area contributed by atoms with E-state index in [1.807, 2.05) is 56.3 Å². The summed E-state index contributed by atoms with van der Waals surface area (Å²) in [6.07, 6.45) is 0. The molecule has 2 aromatic carbocycles. The predicted octanol–water partition coefficient (Wildman–Crippen LogP) is 6.07. The number of halogens is 1. The average Bonchev–Trinajstić information content (AvgIpc) is 3.02. The highest BCUT2D eigenvalue weighted by Gasteiger charge is 2.09. The van der Waals surface area contributed by atoms with Gasteiger partial charge in [-0.15, -0.1) is 23.1 Å². The Kier molecular flexibility index (Phi) is 5.93. The van der Waals surface area contributed by atoms with Gasteiger partial charge in [0.05, 0.1) is 10.7 Å². The molecule has 0 fully saturated rings. The molecule has 3 aromatic rings. The Balaban J connectivity index is 1.63. The second kappa shape index (κ2) is 8.17. The zero-order valence-corrected chi connectivity index (χ0v) is 17.1. The van der Waals surface area contributed by atoms with E-state index in [2.05, 4.69) is 31.6 Å². The van der Waals surface area contributed by atoms with Crippen LogP contribution in [0.15, 0.2) is 57.2 Å². The molecular weight excluding hydrogens is 416 g/mol. The highest BCUT2D eigenvalue weighted by Crippen LogP contribution is 2.25. The lowest BCUT2D eigenvalue weighted by Crippen LogP contribution is -2.12. The number of carbonyl (C=O) groups is 1. The number of nitrogens with one attached hydrogen (secondary N) is 1. The quantitative estimate of drug-likeness (QED) is 0.497. The van der Waals surface area contributed by atoms with Crippen molar-refractivity contribution in [3.8, 4) is 0 Å². The van der Waals surface area contributed by atoms with Crippen molar-refractivity contribution in [3.63, 3.8) is 0 Å². The van der Waals surface area contributed by atoms with Gasteiger partial charge >= 0.3 is 0 Å². The van der Waals surface area contributed by atoms with Crippen molar-refractivity contribution < 1.29 is 4.79 Å². The number of rotatable bonds is 5. The van der Waals surface area contributed by atoms with Gasteiger partial charge in [0.15, 0.2) is 0 Å². The van der Waals surface area contributed by atoms with Gasteiger partial charge in [-0.1, -0.05) is 22.0 Å². The molecule has 6 heteroatoms. The Morgan fingerprint density at radius 1 is 1.20 bits per heavy atom. The molecule has 0 saturated heterocycles. The zero-order chi connectivity index (χ0) is 17.8. The number of nitrogens with zero attached hydrogens (tertiary/aromatic N) is 1. The van der Waals surface area contributed by atoms with Crippen LogP contribution >= 0.6 is 39.0 Å². The zero-order valence-electron chi connectivity index (χ0n) is 13.9. The van der Waals surface area contributed by atoms with Crippen LogP contribution in [0.4, 0.5) is 5.69 Å². The number of aryl methyl sites for hydroxylation is 2. The molecule has 1 amide bonds. The largest absolute Gasteiger partial charge is 0.322 e. The number of anilines is 1. The molecule has 25 heavy (non-hydrogen) atoms. The van der Waals surface area contributed by atoms with Gasteiger partial charge in [0.1, 0.15) is 0 Å². The lowest BCUT2D eigenvalue weighted by molar-refractivity contribution is 0.102. The first kappa shape index (κ1) is 18.2. The second-order valence-corrected chi connectivity index (χ2v) is 8.61.